The van der Waals surface area contributed by atoms with E-state index in [-0.39, 0.29) is 11.9 Å². The van der Waals surface area contributed by atoms with Crippen molar-refractivity contribution in [1.82, 2.24) is 10.2 Å². The normalized spacial score (nSPS) is 12.2. The monoisotopic (exact) mass is 234 g/mol. The van der Waals surface area contributed by atoms with E-state index in [9.17, 15) is 4.79 Å². The van der Waals surface area contributed by atoms with Crippen LogP contribution in [0.25, 0.3) is 0 Å². The molecule has 0 saturated carbocycles. The Labute approximate surface area is 104 Å². The van der Waals surface area contributed by atoms with Crippen molar-refractivity contribution in [2.24, 2.45) is 0 Å². The van der Waals surface area contributed by atoms with Crippen molar-refractivity contribution < 1.29 is 4.79 Å². The van der Waals surface area contributed by atoms with Crippen molar-refractivity contribution in [2.45, 2.75) is 26.8 Å². The molecule has 1 rings (SSSR count). The summed E-state index contributed by atoms with van der Waals surface area (Å²) < 4.78 is 0. The maximum absolute atomic E-state index is 11.8. The molecule has 0 heterocycles. The van der Waals surface area contributed by atoms with Gasteiger partial charge in [0.1, 0.15) is 0 Å². The molecular formula is C14H22N2O. The topological polar surface area (TPSA) is 32.3 Å². The van der Waals surface area contributed by atoms with E-state index in [0.29, 0.717) is 6.54 Å². The molecule has 0 fully saturated rings. The summed E-state index contributed by atoms with van der Waals surface area (Å²) in [7, 11) is 0. The summed E-state index contributed by atoms with van der Waals surface area (Å²) in [6.45, 7) is 8.03. The molecule has 17 heavy (non-hydrogen) atoms. The van der Waals surface area contributed by atoms with Crippen molar-refractivity contribution >= 4 is 5.91 Å². The van der Waals surface area contributed by atoms with Crippen LogP contribution in [0, 0.1) is 0 Å². The summed E-state index contributed by atoms with van der Waals surface area (Å²) >= 11 is 0. The molecule has 0 aromatic heterocycles. The molecule has 0 spiro atoms. The first-order valence-electron chi connectivity index (χ1n) is 6.25. The van der Waals surface area contributed by atoms with Gasteiger partial charge in [-0.25, -0.2) is 0 Å². The number of benzene rings is 1. The van der Waals surface area contributed by atoms with E-state index in [1.54, 1.807) is 0 Å². The number of nitrogens with zero attached hydrogens (tertiary/aromatic N) is 1. The maximum atomic E-state index is 11.8. The first-order valence-corrected chi connectivity index (χ1v) is 6.25. The van der Waals surface area contributed by atoms with E-state index < -0.39 is 0 Å². The molecule has 0 aliphatic heterocycles. The lowest BCUT2D eigenvalue weighted by Crippen LogP contribution is -2.38. The Balaban J connectivity index is 2.43. The third kappa shape index (κ3) is 4.19. The highest BCUT2D eigenvalue weighted by atomic mass is 16.2. The number of hydrogen-bond acceptors (Lipinski definition) is 2. The Kier molecular flexibility index (Phi) is 5.70. The highest BCUT2D eigenvalue weighted by molar-refractivity contribution is 5.78. The number of likely N-dealkylation sites (N-methyl/N-ethyl adjacent to an activating group) is 1. The van der Waals surface area contributed by atoms with Gasteiger partial charge in [0.15, 0.2) is 0 Å². The predicted octanol–water partition coefficient (Wildman–Crippen LogP) is 2.21. The Morgan fingerprint density at radius 3 is 2.35 bits per heavy atom. The first kappa shape index (κ1) is 13.7. The van der Waals surface area contributed by atoms with Crippen molar-refractivity contribution in [3.05, 3.63) is 35.9 Å². The van der Waals surface area contributed by atoms with Gasteiger partial charge in [0.25, 0.3) is 0 Å². The van der Waals surface area contributed by atoms with Crippen LogP contribution in [0.4, 0.5) is 0 Å². The van der Waals surface area contributed by atoms with E-state index in [2.05, 4.69) is 24.4 Å². The molecule has 1 amide bonds. The van der Waals surface area contributed by atoms with Crippen molar-refractivity contribution in [3.8, 4) is 0 Å². The second-order valence-corrected chi connectivity index (χ2v) is 4.08. The minimum Gasteiger partial charge on any atom is -0.342 e. The van der Waals surface area contributed by atoms with Crippen LogP contribution < -0.4 is 5.32 Å². The van der Waals surface area contributed by atoms with Crippen molar-refractivity contribution in [1.29, 1.82) is 0 Å². The summed E-state index contributed by atoms with van der Waals surface area (Å²) in [6.07, 6.45) is 0. The largest absolute Gasteiger partial charge is 0.342 e. The molecule has 1 atom stereocenters. The van der Waals surface area contributed by atoms with Crippen LogP contribution in [0.2, 0.25) is 0 Å². The Morgan fingerprint density at radius 2 is 1.82 bits per heavy atom. The van der Waals surface area contributed by atoms with Crippen LogP contribution >= 0.6 is 0 Å². The lowest BCUT2D eigenvalue weighted by Gasteiger charge is -2.20. The van der Waals surface area contributed by atoms with Gasteiger partial charge in [-0.05, 0) is 26.3 Å². The second-order valence-electron chi connectivity index (χ2n) is 4.08. The lowest BCUT2D eigenvalue weighted by atomic mass is 10.1. The minimum absolute atomic E-state index is 0.165. The SMILES string of the molecule is CCN(CC)C(=O)CN[C@@H](C)c1ccccc1. The summed E-state index contributed by atoms with van der Waals surface area (Å²) in [5, 5.41) is 3.26. The Hall–Kier alpha value is -1.35. The van der Waals surface area contributed by atoms with Crippen LogP contribution in [0.1, 0.15) is 32.4 Å². The summed E-state index contributed by atoms with van der Waals surface area (Å²) in [6, 6.07) is 10.4. The Morgan fingerprint density at radius 1 is 1.24 bits per heavy atom. The maximum Gasteiger partial charge on any atom is 0.236 e. The van der Waals surface area contributed by atoms with Crippen LogP contribution in [0.5, 0.6) is 0 Å². The predicted molar refractivity (Wildman–Crippen MR) is 70.8 cm³/mol. The third-order valence-electron chi connectivity index (χ3n) is 2.98. The molecular weight excluding hydrogens is 212 g/mol. The summed E-state index contributed by atoms with van der Waals surface area (Å²) in [5.41, 5.74) is 1.21. The van der Waals surface area contributed by atoms with E-state index >= 15 is 0 Å². The van der Waals surface area contributed by atoms with E-state index in [1.807, 2.05) is 36.9 Å². The van der Waals surface area contributed by atoms with Gasteiger partial charge >= 0.3 is 0 Å². The number of rotatable bonds is 6. The average Bonchev–Trinajstić information content (AvgIpc) is 2.38. The fourth-order valence-electron chi connectivity index (χ4n) is 1.79. The zero-order valence-corrected chi connectivity index (χ0v) is 10.9. The van der Waals surface area contributed by atoms with Gasteiger partial charge in [-0.15, -0.1) is 0 Å². The third-order valence-corrected chi connectivity index (χ3v) is 2.98. The Bertz CT molecular complexity index is 333. The van der Waals surface area contributed by atoms with Crippen molar-refractivity contribution in [2.75, 3.05) is 19.6 Å². The highest BCUT2D eigenvalue weighted by Crippen LogP contribution is 2.10. The molecule has 3 nitrogen and oxygen atoms in total. The quantitative estimate of drug-likeness (QED) is 0.818. The summed E-state index contributed by atoms with van der Waals surface area (Å²) in [5.74, 6) is 0.165. The number of nitrogens with one attached hydrogen (secondary N) is 1. The zero-order chi connectivity index (χ0) is 12.7. The molecule has 1 aromatic rings. The minimum atomic E-state index is 0.165. The zero-order valence-electron chi connectivity index (χ0n) is 10.9. The molecule has 0 bridgehead atoms. The molecule has 0 aliphatic rings. The van der Waals surface area contributed by atoms with Gasteiger partial charge in [0.2, 0.25) is 5.91 Å². The number of amides is 1. The van der Waals surface area contributed by atoms with Crippen LogP contribution in [0.15, 0.2) is 30.3 Å². The number of carbonyl (C=O) groups is 1. The standard InChI is InChI=1S/C14H22N2O/c1-4-16(5-2)14(17)11-15-12(3)13-9-7-6-8-10-13/h6-10,12,15H,4-5,11H2,1-3H3/t12-/m0/s1. The van der Waals surface area contributed by atoms with Gasteiger partial charge in [0, 0.05) is 19.1 Å². The molecule has 0 unspecified atom stereocenters. The molecule has 0 aliphatic carbocycles. The fraction of sp³-hybridized carbons (Fsp3) is 0.500. The molecule has 3 heteroatoms. The number of carbonyl (C=O) groups excluding carboxylic acids is 1. The van der Waals surface area contributed by atoms with Crippen molar-refractivity contribution in [3.63, 3.8) is 0 Å². The van der Waals surface area contributed by atoms with E-state index in [1.165, 1.54) is 5.56 Å². The van der Waals surface area contributed by atoms with Crippen LogP contribution in [0.3, 0.4) is 0 Å². The molecule has 94 valence electrons. The smallest absolute Gasteiger partial charge is 0.236 e. The molecule has 1 N–H and O–H groups in total. The van der Waals surface area contributed by atoms with Crippen LogP contribution in [-0.2, 0) is 4.79 Å². The lowest BCUT2D eigenvalue weighted by molar-refractivity contribution is -0.129. The average molecular weight is 234 g/mol. The van der Waals surface area contributed by atoms with E-state index in [4.69, 9.17) is 0 Å². The van der Waals surface area contributed by atoms with Gasteiger partial charge in [-0.3, -0.25) is 4.79 Å². The van der Waals surface area contributed by atoms with Gasteiger partial charge in [0.05, 0.1) is 6.54 Å². The van der Waals surface area contributed by atoms with Crippen LogP contribution in [-0.4, -0.2) is 30.4 Å². The molecule has 0 radical (unpaired) electrons. The fourth-order valence-corrected chi connectivity index (χ4v) is 1.79. The van der Waals surface area contributed by atoms with Gasteiger partial charge < -0.3 is 10.2 Å². The van der Waals surface area contributed by atoms with Gasteiger partial charge in [-0.1, -0.05) is 30.3 Å². The highest BCUT2D eigenvalue weighted by Gasteiger charge is 2.11. The second kappa shape index (κ2) is 7.07. The summed E-state index contributed by atoms with van der Waals surface area (Å²) in [4.78, 5) is 13.6. The van der Waals surface area contributed by atoms with E-state index in [0.717, 1.165) is 13.1 Å². The molecule has 1 aromatic carbocycles. The number of hydrogen-bond donors (Lipinski definition) is 1. The van der Waals surface area contributed by atoms with Gasteiger partial charge in [-0.2, -0.15) is 0 Å². The molecule has 0 saturated heterocycles. The first-order chi connectivity index (χ1) is 8.19.